The van der Waals surface area contributed by atoms with Crippen molar-refractivity contribution in [1.29, 1.82) is 0 Å². The molecule has 0 radical (unpaired) electrons. The quantitative estimate of drug-likeness (QED) is 0.502. The van der Waals surface area contributed by atoms with Crippen molar-refractivity contribution in [2.24, 2.45) is 0 Å². The monoisotopic (exact) mass is 175 g/mol. The molecule has 0 spiro atoms. The van der Waals surface area contributed by atoms with E-state index >= 15 is 0 Å². The van der Waals surface area contributed by atoms with Gasteiger partial charge in [0.2, 0.25) is 0 Å². The van der Waals surface area contributed by atoms with E-state index in [0.29, 0.717) is 0 Å². The zero-order chi connectivity index (χ0) is 4.00. The van der Waals surface area contributed by atoms with Gasteiger partial charge in [0, 0.05) is 0 Å². The van der Waals surface area contributed by atoms with Crippen LogP contribution in [0, 0.1) is 0 Å². The third kappa shape index (κ3) is 10.9. The molecule has 0 N–H and O–H groups in total. The molecule has 0 aliphatic carbocycles. The summed E-state index contributed by atoms with van der Waals surface area (Å²) in [6.07, 6.45) is 0. The van der Waals surface area contributed by atoms with Crippen LogP contribution in [-0.4, -0.2) is 0 Å². The summed E-state index contributed by atoms with van der Waals surface area (Å²) in [5, 5.41) is 0. The molecule has 0 saturated carbocycles. The molecule has 1 nitrogen and oxygen atoms in total. The Hall–Kier alpha value is 1.16. The van der Waals surface area contributed by atoms with Crippen LogP contribution >= 0.6 is 10.6 Å². The molecule has 0 heterocycles. The third-order valence-corrected chi connectivity index (χ3v) is 0. The molecule has 0 aliphatic rings. The summed E-state index contributed by atoms with van der Waals surface area (Å²) >= 11 is 3.90. The van der Waals surface area contributed by atoms with Gasteiger partial charge in [-0.05, 0) is 0 Å². The van der Waals surface area contributed by atoms with E-state index < -0.39 is 0 Å². The SMILES string of the molecule is [O]=[Zn].[S]=[Cu]. The first-order valence-corrected chi connectivity index (χ1v) is 3.02. The number of rotatable bonds is 0. The Bertz CT molecular complexity index is 10.0. The summed E-state index contributed by atoms with van der Waals surface area (Å²) in [5.41, 5.74) is 0. The van der Waals surface area contributed by atoms with E-state index in [2.05, 4.69) is 24.9 Å². The van der Waals surface area contributed by atoms with E-state index in [1.807, 2.05) is 0 Å². The summed E-state index contributed by atoms with van der Waals surface area (Å²) in [5.74, 6) is 0. The molecule has 0 aliphatic heterocycles. The molecule has 0 fully saturated rings. The third-order valence-electron chi connectivity index (χ3n) is 0. The van der Waals surface area contributed by atoms with Crippen LogP contribution < -0.4 is 0 Å². The normalized spacial score (nSPS) is 3.00. The maximum atomic E-state index is 8.38. The van der Waals surface area contributed by atoms with Gasteiger partial charge in [0.15, 0.2) is 0 Å². The van der Waals surface area contributed by atoms with Gasteiger partial charge in [-0.3, -0.25) is 0 Å². The van der Waals surface area contributed by atoms with Crippen molar-refractivity contribution in [3.8, 4) is 0 Å². The summed E-state index contributed by atoms with van der Waals surface area (Å²) in [7, 11) is 3.65. The molecule has 4 heavy (non-hydrogen) atoms. The standard InChI is InChI=1S/Cu.O.S.Zn. The van der Waals surface area contributed by atoms with Gasteiger partial charge < -0.3 is 0 Å². The average Bonchev–Trinajstić information content (AvgIpc) is 1.50. The molecule has 0 aromatic carbocycles. The van der Waals surface area contributed by atoms with Crippen LogP contribution in [0.15, 0.2) is 0 Å². The molecule has 25 valence electrons. The van der Waals surface area contributed by atoms with Crippen molar-refractivity contribution in [2.45, 2.75) is 0 Å². The average molecular weight is 177 g/mol. The van der Waals surface area contributed by atoms with E-state index in [-0.39, 0.29) is 18.3 Å². The van der Waals surface area contributed by atoms with E-state index in [1.54, 1.807) is 0 Å². The fourth-order valence-electron chi connectivity index (χ4n) is 0. The molecule has 0 rings (SSSR count). The first-order valence-electron chi connectivity index (χ1n) is 0.412. The van der Waals surface area contributed by atoms with Crippen molar-refractivity contribution in [2.75, 3.05) is 0 Å². The molecular formula is CuOSZn. The summed E-state index contributed by atoms with van der Waals surface area (Å²) in [6, 6.07) is 0. The molecular weight excluding hydrogens is 177 g/mol. The Morgan fingerprint density at radius 2 is 1.50 bits per heavy atom. The van der Waals surface area contributed by atoms with Crippen molar-refractivity contribution < 1.29 is 36.2 Å². The van der Waals surface area contributed by atoms with Gasteiger partial charge >= 0.3 is 46.8 Å². The minimum atomic E-state index is 0.125. The zero-order valence-corrected chi connectivity index (χ0v) is 6.55. The Labute approximate surface area is 46.8 Å². The van der Waals surface area contributed by atoms with Crippen LogP contribution in [-0.2, 0) is 36.2 Å². The van der Waals surface area contributed by atoms with Crippen LogP contribution in [0.25, 0.3) is 0 Å². The van der Waals surface area contributed by atoms with Crippen LogP contribution in [0.1, 0.15) is 0 Å². The van der Waals surface area contributed by atoms with Gasteiger partial charge in [0.05, 0.1) is 0 Å². The Balaban J connectivity index is 0. The van der Waals surface area contributed by atoms with Crippen LogP contribution in [0.5, 0.6) is 0 Å². The van der Waals surface area contributed by atoms with Gasteiger partial charge in [-0.1, -0.05) is 0 Å². The number of hydrogen-bond donors (Lipinski definition) is 0. The predicted molar refractivity (Wildman–Crippen MR) is 8.28 cm³/mol. The zero-order valence-electron chi connectivity index (χ0n) is 1.83. The van der Waals surface area contributed by atoms with Gasteiger partial charge in [0.25, 0.3) is 0 Å². The molecule has 4 heteroatoms. The minimum absolute atomic E-state index is 0.125. The van der Waals surface area contributed by atoms with E-state index in [1.165, 1.54) is 0 Å². The first-order chi connectivity index (χ1) is 2.00. The van der Waals surface area contributed by atoms with Crippen LogP contribution in [0.2, 0.25) is 0 Å². The van der Waals surface area contributed by atoms with Crippen molar-refractivity contribution in [3.63, 3.8) is 0 Å². The summed E-state index contributed by atoms with van der Waals surface area (Å²) in [6.45, 7) is 0. The molecule has 0 bridgehead atoms. The first kappa shape index (κ1) is 8.94. The van der Waals surface area contributed by atoms with E-state index in [0.717, 1.165) is 0 Å². The Kier molecular flexibility index (Phi) is 68.9. The van der Waals surface area contributed by atoms with Crippen LogP contribution in [0.3, 0.4) is 0 Å². The van der Waals surface area contributed by atoms with Gasteiger partial charge in [-0.2, -0.15) is 0 Å². The predicted octanol–water partition coefficient (Wildman–Crippen LogP) is 0.524. The van der Waals surface area contributed by atoms with Crippen molar-refractivity contribution in [1.82, 2.24) is 0 Å². The summed E-state index contributed by atoms with van der Waals surface area (Å²) < 4.78 is 8.38. The van der Waals surface area contributed by atoms with Crippen LogP contribution in [0.4, 0.5) is 0 Å². The van der Waals surface area contributed by atoms with Crippen molar-refractivity contribution in [3.05, 3.63) is 0 Å². The fraction of sp³-hybridized carbons (Fsp3) is 0. The topological polar surface area (TPSA) is 17.1 Å². The number of hydrogen-bond acceptors (Lipinski definition) is 2. The molecule has 0 aromatic heterocycles. The van der Waals surface area contributed by atoms with Gasteiger partial charge in [0.1, 0.15) is 0 Å². The molecule has 0 amide bonds. The van der Waals surface area contributed by atoms with E-state index in [4.69, 9.17) is 3.57 Å². The maximum absolute atomic E-state index is 8.38. The Morgan fingerprint density at radius 1 is 1.50 bits per heavy atom. The van der Waals surface area contributed by atoms with E-state index in [9.17, 15) is 0 Å². The van der Waals surface area contributed by atoms with Gasteiger partial charge in [-0.25, -0.2) is 0 Å². The van der Waals surface area contributed by atoms with Crippen molar-refractivity contribution >= 4 is 10.6 Å². The second-order valence-corrected chi connectivity index (χ2v) is 0. The summed E-state index contributed by atoms with van der Waals surface area (Å²) in [4.78, 5) is 0. The second-order valence-electron chi connectivity index (χ2n) is 0. The fourth-order valence-corrected chi connectivity index (χ4v) is 0. The molecule has 0 unspecified atom stereocenters. The molecule has 0 atom stereocenters. The van der Waals surface area contributed by atoms with Gasteiger partial charge in [-0.15, -0.1) is 0 Å². The second kappa shape index (κ2) is 30.8. The molecule has 0 saturated heterocycles. The Morgan fingerprint density at radius 3 is 1.50 bits per heavy atom. The molecule has 0 aromatic rings.